The number of anilines is 1. The average molecular weight is 284 g/mol. The summed E-state index contributed by atoms with van der Waals surface area (Å²) in [5, 5.41) is 3.55. The highest BCUT2D eigenvalue weighted by molar-refractivity contribution is 7.15. The molecule has 20 heavy (non-hydrogen) atoms. The van der Waals surface area contributed by atoms with E-state index in [1.54, 1.807) is 17.4 Å². The van der Waals surface area contributed by atoms with Crippen LogP contribution in [0.1, 0.15) is 28.1 Å². The van der Waals surface area contributed by atoms with E-state index < -0.39 is 0 Å². The minimum absolute atomic E-state index is 0.127. The van der Waals surface area contributed by atoms with Crippen LogP contribution >= 0.6 is 11.3 Å². The van der Waals surface area contributed by atoms with Crippen LogP contribution in [-0.4, -0.2) is 10.9 Å². The molecule has 0 spiro atoms. The third-order valence-corrected chi connectivity index (χ3v) is 4.40. The molecule has 1 heterocycles. The van der Waals surface area contributed by atoms with E-state index in [2.05, 4.69) is 10.3 Å². The maximum atomic E-state index is 11.8. The molecule has 0 fully saturated rings. The van der Waals surface area contributed by atoms with Crippen LogP contribution in [0.4, 0.5) is 5.13 Å². The first-order valence-electron chi connectivity index (χ1n) is 6.75. The number of hydrogen-bond acceptors (Lipinski definition) is 3. The number of thiazole rings is 1. The quantitative estimate of drug-likeness (QED) is 0.875. The molecule has 1 aliphatic rings. The van der Waals surface area contributed by atoms with Crippen LogP contribution < -0.4 is 5.32 Å². The SMILES string of the molecule is Cc1ccc(/C=C/C(=O)Nc2nc3c(s2)CCC3)cc1. The van der Waals surface area contributed by atoms with Crippen molar-refractivity contribution in [3.8, 4) is 0 Å². The summed E-state index contributed by atoms with van der Waals surface area (Å²) in [5.74, 6) is -0.127. The molecule has 1 aliphatic carbocycles. The molecule has 1 amide bonds. The number of benzene rings is 1. The van der Waals surface area contributed by atoms with Crippen molar-refractivity contribution in [1.29, 1.82) is 0 Å². The molecular weight excluding hydrogens is 268 g/mol. The molecule has 1 aromatic heterocycles. The van der Waals surface area contributed by atoms with Gasteiger partial charge < -0.3 is 0 Å². The van der Waals surface area contributed by atoms with E-state index in [4.69, 9.17) is 0 Å². The lowest BCUT2D eigenvalue weighted by Crippen LogP contribution is -2.07. The third-order valence-electron chi connectivity index (χ3n) is 3.33. The van der Waals surface area contributed by atoms with Gasteiger partial charge in [0.1, 0.15) is 0 Å². The number of fused-ring (bicyclic) bond motifs is 1. The van der Waals surface area contributed by atoms with Gasteiger partial charge in [0, 0.05) is 11.0 Å². The van der Waals surface area contributed by atoms with Gasteiger partial charge in [-0.1, -0.05) is 29.8 Å². The number of hydrogen-bond donors (Lipinski definition) is 1. The fourth-order valence-electron chi connectivity index (χ4n) is 2.24. The number of nitrogens with one attached hydrogen (secondary N) is 1. The van der Waals surface area contributed by atoms with Gasteiger partial charge in [-0.2, -0.15) is 0 Å². The molecule has 0 bridgehead atoms. The molecule has 1 aromatic carbocycles. The van der Waals surface area contributed by atoms with Crippen LogP contribution in [-0.2, 0) is 17.6 Å². The first-order chi connectivity index (χ1) is 9.70. The Morgan fingerprint density at radius 1 is 1.30 bits per heavy atom. The highest BCUT2D eigenvalue weighted by Gasteiger charge is 2.17. The molecular formula is C16H16N2OS. The second-order valence-electron chi connectivity index (χ2n) is 4.98. The van der Waals surface area contributed by atoms with Crippen molar-refractivity contribution in [3.05, 3.63) is 52.0 Å². The molecule has 0 saturated heterocycles. The Kier molecular flexibility index (Phi) is 3.65. The molecule has 0 atom stereocenters. The molecule has 0 aliphatic heterocycles. The monoisotopic (exact) mass is 284 g/mol. The Morgan fingerprint density at radius 2 is 2.10 bits per heavy atom. The molecule has 0 radical (unpaired) electrons. The fraction of sp³-hybridized carbons (Fsp3) is 0.250. The van der Waals surface area contributed by atoms with Crippen molar-refractivity contribution in [2.24, 2.45) is 0 Å². The van der Waals surface area contributed by atoms with Crippen LogP contribution in [0.25, 0.3) is 6.08 Å². The molecule has 3 nitrogen and oxygen atoms in total. The first-order valence-corrected chi connectivity index (χ1v) is 7.57. The number of carbonyl (C=O) groups is 1. The largest absolute Gasteiger partial charge is 0.298 e. The normalized spacial score (nSPS) is 13.7. The molecule has 0 saturated carbocycles. The van der Waals surface area contributed by atoms with Gasteiger partial charge in [-0.05, 0) is 37.8 Å². The molecule has 0 unspecified atom stereocenters. The number of aromatic nitrogens is 1. The Hall–Kier alpha value is -1.94. The number of amides is 1. The van der Waals surface area contributed by atoms with Gasteiger partial charge in [0.05, 0.1) is 5.69 Å². The van der Waals surface area contributed by atoms with Crippen molar-refractivity contribution in [1.82, 2.24) is 4.98 Å². The Morgan fingerprint density at radius 3 is 2.85 bits per heavy atom. The molecule has 4 heteroatoms. The van der Waals surface area contributed by atoms with Gasteiger partial charge in [0.2, 0.25) is 5.91 Å². The van der Waals surface area contributed by atoms with E-state index in [-0.39, 0.29) is 5.91 Å². The maximum absolute atomic E-state index is 11.8. The molecule has 1 N–H and O–H groups in total. The summed E-state index contributed by atoms with van der Waals surface area (Å²) in [7, 11) is 0. The van der Waals surface area contributed by atoms with Crippen LogP contribution in [0, 0.1) is 6.92 Å². The standard InChI is InChI=1S/C16H16N2OS/c1-11-5-7-12(8-6-11)9-10-15(19)18-16-17-13-3-2-4-14(13)20-16/h5-10H,2-4H2,1H3,(H,17,18,19)/b10-9+. The van der Waals surface area contributed by atoms with Crippen molar-refractivity contribution in [3.63, 3.8) is 0 Å². The van der Waals surface area contributed by atoms with Crippen LogP contribution in [0.3, 0.4) is 0 Å². The lowest BCUT2D eigenvalue weighted by atomic mass is 10.1. The summed E-state index contributed by atoms with van der Waals surface area (Å²) >= 11 is 1.60. The van der Waals surface area contributed by atoms with Crippen LogP contribution in [0.15, 0.2) is 30.3 Å². The lowest BCUT2D eigenvalue weighted by molar-refractivity contribution is -0.111. The number of nitrogens with zero attached hydrogens (tertiary/aromatic N) is 1. The predicted octanol–water partition coefficient (Wildman–Crippen LogP) is 3.59. The zero-order valence-electron chi connectivity index (χ0n) is 11.3. The summed E-state index contributed by atoms with van der Waals surface area (Å²) in [6.45, 7) is 2.04. The number of carbonyl (C=O) groups excluding carboxylic acids is 1. The maximum Gasteiger partial charge on any atom is 0.250 e. The topological polar surface area (TPSA) is 42.0 Å². The third kappa shape index (κ3) is 2.96. The van der Waals surface area contributed by atoms with E-state index in [0.29, 0.717) is 5.13 Å². The van der Waals surface area contributed by atoms with Crippen molar-refractivity contribution < 1.29 is 4.79 Å². The molecule has 102 valence electrons. The second-order valence-corrected chi connectivity index (χ2v) is 6.06. The summed E-state index contributed by atoms with van der Waals surface area (Å²) in [5.41, 5.74) is 3.39. The van der Waals surface area contributed by atoms with Crippen LogP contribution in [0.5, 0.6) is 0 Å². The Balaban J connectivity index is 1.62. The van der Waals surface area contributed by atoms with E-state index in [0.717, 1.165) is 24.1 Å². The van der Waals surface area contributed by atoms with E-state index in [1.165, 1.54) is 16.9 Å². The van der Waals surface area contributed by atoms with Crippen molar-refractivity contribution in [2.75, 3.05) is 5.32 Å². The Bertz CT molecular complexity index is 634. The zero-order valence-corrected chi connectivity index (χ0v) is 12.2. The summed E-state index contributed by atoms with van der Waals surface area (Å²) in [6.07, 6.45) is 6.70. The van der Waals surface area contributed by atoms with Gasteiger partial charge in [-0.15, -0.1) is 11.3 Å². The van der Waals surface area contributed by atoms with Gasteiger partial charge in [0.15, 0.2) is 5.13 Å². The minimum atomic E-state index is -0.127. The average Bonchev–Trinajstić information content (AvgIpc) is 2.99. The fourth-order valence-corrected chi connectivity index (χ4v) is 3.29. The van der Waals surface area contributed by atoms with Gasteiger partial charge in [-0.3, -0.25) is 10.1 Å². The number of rotatable bonds is 3. The smallest absolute Gasteiger partial charge is 0.250 e. The van der Waals surface area contributed by atoms with Gasteiger partial charge >= 0.3 is 0 Å². The van der Waals surface area contributed by atoms with E-state index >= 15 is 0 Å². The second kappa shape index (κ2) is 5.59. The van der Waals surface area contributed by atoms with E-state index in [9.17, 15) is 4.79 Å². The first kappa shape index (κ1) is 13.1. The molecule has 3 rings (SSSR count). The van der Waals surface area contributed by atoms with Crippen molar-refractivity contribution >= 4 is 28.5 Å². The summed E-state index contributed by atoms with van der Waals surface area (Å²) in [6, 6.07) is 8.06. The highest BCUT2D eigenvalue weighted by Crippen LogP contribution is 2.30. The summed E-state index contributed by atoms with van der Waals surface area (Å²) < 4.78 is 0. The summed E-state index contributed by atoms with van der Waals surface area (Å²) in [4.78, 5) is 17.6. The molecule has 2 aromatic rings. The van der Waals surface area contributed by atoms with E-state index in [1.807, 2.05) is 37.3 Å². The number of aryl methyl sites for hydroxylation is 3. The zero-order chi connectivity index (χ0) is 13.9. The van der Waals surface area contributed by atoms with Crippen molar-refractivity contribution in [2.45, 2.75) is 26.2 Å². The van der Waals surface area contributed by atoms with Gasteiger partial charge in [-0.25, -0.2) is 4.98 Å². The van der Waals surface area contributed by atoms with Gasteiger partial charge in [0.25, 0.3) is 0 Å². The predicted molar refractivity (Wildman–Crippen MR) is 83.0 cm³/mol. The highest BCUT2D eigenvalue weighted by atomic mass is 32.1. The Labute approximate surface area is 122 Å². The minimum Gasteiger partial charge on any atom is -0.298 e. The van der Waals surface area contributed by atoms with Crippen LogP contribution in [0.2, 0.25) is 0 Å². The lowest BCUT2D eigenvalue weighted by Gasteiger charge is -1.97.